The minimum absolute atomic E-state index is 0.241. The highest BCUT2D eigenvalue weighted by molar-refractivity contribution is 5.86. The fraction of sp³-hybridized carbons (Fsp3) is 0.100. The van der Waals surface area contributed by atoms with E-state index in [1.807, 2.05) is 0 Å². The fourth-order valence-corrected chi connectivity index (χ4v) is 1.41. The normalized spacial score (nSPS) is 13.9. The van der Waals surface area contributed by atoms with Crippen molar-refractivity contribution in [2.45, 2.75) is 6.42 Å². The minimum Gasteiger partial charge on any atom is -0.298 e. The Morgan fingerprint density at radius 3 is 3.00 bits per heavy atom. The van der Waals surface area contributed by atoms with Crippen LogP contribution < -0.4 is 0 Å². The van der Waals surface area contributed by atoms with Gasteiger partial charge in [-0.05, 0) is 34.9 Å². The van der Waals surface area contributed by atoms with E-state index >= 15 is 0 Å². The molecule has 0 heterocycles. The molecule has 1 aliphatic rings. The zero-order valence-corrected chi connectivity index (χ0v) is 6.38. The van der Waals surface area contributed by atoms with Crippen LogP contribution in [0, 0.1) is 5.82 Å². The zero-order valence-electron chi connectivity index (χ0n) is 6.38. The number of allylic oxidation sites excluding steroid dienone is 1. The highest BCUT2D eigenvalue weighted by Crippen LogP contribution is 2.24. The van der Waals surface area contributed by atoms with Crippen LogP contribution in [0.2, 0.25) is 0 Å². The molecule has 0 saturated carbocycles. The van der Waals surface area contributed by atoms with Crippen LogP contribution in [-0.2, 0) is 11.2 Å². The van der Waals surface area contributed by atoms with Crippen LogP contribution in [-0.4, -0.2) is 6.29 Å². The van der Waals surface area contributed by atoms with E-state index in [9.17, 15) is 9.18 Å². The number of benzene rings is 1. The summed E-state index contributed by atoms with van der Waals surface area (Å²) in [5.41, 5.74) is 2.58. The highest BCUT2D eigenvalue weighted by atomic mass is 19.1. The molecule has 0 atom stereocenters. The van der Waals surface area contributed by atoms with Crippen molar-refractivity contribution in [2.75, 3.05) is 0 Å². The average Bonchev–Trinajstić information content (AvgIpc) is 2.46. The monoisotopic (exact) mass is 162 g/mol. The Bertz CT molecular complexity index is 366. The molecular weight excluding hydrogens is 155 g/mol. The molecule has 1 aromatic rings. The van der Waals surface area contributed by atoms with Gasteiger partial charge in [0.1, 0.15) is 12.1 Å². The summed E-state index contributed by atoms with van der Waals surface area (Å²) in [5, 5.41) is 0. The first-order chi connectivity index (χ1) is 5.79. The van der Waals surface area contributed by atoms with Crippen molar-refractivity contribution in [3.05, 3.63) is 40.7 Å². The van der Waals surface area contributed by atoms with Crippen LogP contribution in [0.25, 0.3) is 6.08 Å². The summed E-state index contributed by atoms with van der Waals surface area (Å²) < 4.78 is 12.7. The summed E-state index contributed by atoms with van der Waals surface area (Å²) in [6.45, 7) is 0. The van der Waals surface area contributed by atoms with Crippen LogP contribution in [0.5, 0.6) is 0 Å². The van der Waals surface area contributed by atoms with Crippen molar-refractivity contribution < 1.29 is 9.18 Å². The smallest absolute Gasteiger partial charge is 0.146 e. The van der Waals surface area contributed by atoms with Crippen molar-refractivity contribution in [3.63, 3.8) is 0 Å². The fourth-order valence-electron chi connectivity index (χ4n) is 1.41. The molecule has 0 radical (unpaired) electrons. The maximum Gasteiger partial charge on any atom is 0.146 e. The second-order valence-corrected chi connectivity index (χ2v) is 2.86. The van der Waals surface area contributed by atoms with Gasteiger partial charge in [-0.3, -0.25) is 4.79 Å². The molecule has 0 fully saturated rings. The quantitative estimate of drug-likeness (QED) is 0.577. The van der Waals surface area contributed by atoms with Crippen LogP contribution in [0.1, 0.15) is 11.1 Å². The Hall–Kier alpha value is -1.44. The van der Waals surface area contributed by atoms with Crippen LogP contribution in [0.3, 0.4) is 0 Å². The van der Waals surface area contributed by atoms with E-state index in [-0.39, 0.29) is 5.82 Å². The number of halogens is 1. The van der Waals surface area contributed by atoms with E-state index in [0.717, 1.165) is 23.0 Å². The topological polar surface area (TPSA) is 17.1 Å². The third kappa shape index (κ3) is 1.05. The summed E-state index contributed by atoms with van der Waals surface area (Å²) >= 11 is 0. The van der Waals surface area contributed by atoms with E-state index in [1.165, 1.54) is 12.1 Å². The molecule has 2 heteroatoms. The Labute approximate surface area is 69.5 Å². The highest BCUT2D eigenvalue weighted by Gasteiger charge is 2.11. The van der Waals surface area contributed by atoms with E-state index < -0.39 is 0 Å². The lowest BCUT2D eigenvalue weighted by molar-refractivity contribution is -0.104. The van der Waals surface area contributed by atoms with Gasteiger partial charge in [-0.1, -0.05) is 6.07 Å². The molecule has 0 spiro atoms. The van der Waals surface area contributed by atoms with E-state index in [0.29, 0.717) is 6.42 Å². The number of hydrogen-bond donors (Lipinski definition) is 0. The molecule has 1 aromatic carbocycles. The zero-order chi connectivity index (χ0) is 8.55. The first-order valence-corrected chi connectivity index (χ1v) is 3.74. The third-order valence-corrected chi connectivity index (χ3v) is 1.99. The van der Waals surface area contributed by atoms with Crippen molar-refractivity contribution in [1.29, 1.82) is 0 Å². The number of fused-ring (bicyclic) bond motifs is 1. The second kappa shape index (κ2) is 2.55. The van der Waals surface area contributed by atoms with E-state index in [1.54, 1.807) is 12.1 Å². The van der Waals surface area contributed by atoms with E-state index in [4.69, 9.17) is 0 Å². The van der Waals surface area contributed by atoms with Gasteiger partial charge in [0.15, 0.2) is 0 Å². The lowest BCUT2D eigenvalue weighted by Crippen LogP contribution is -1.86. The van der Waals surface area contributed by atoms with Gasteiger partial charge in [0.25, 0.3) is 0 Å². The first-order valence-electron chi connectivity index (χ1n) is 3.74. The lowest BCUT2D eigenvalue weighted by atomic mass is 10.1. The summed E-state index contributed by atoms with van der Waals surface area (Å²) in [5.74, 6) is -0.241. The van der Waals surface area contributed by atoms with Gasteiger partial charge in [-0.2, -0.15) is 0 Å². The molecule has 0 bridgehead atoms. The molecule has 2 rings (SSSR count). The second-order valence-electron chi connectivity index (χ2n) is 2.86. The summed E-state index contributed by atoms with van der Waals surface area (Å²) in [6.07, 6.45) is 3.18. The van der Waals surface area contributed by atoms with Gasteiger partial charge in [-0.15, -0.1) is 0 Å². The Morgan fingerprint density at radius 2 is 2.25 bits per heavy atom. The predicted octanol–water partition coefficient (Wildman–Crippen LogP) is 1.96. The molecule has 12 heavy (non-hydrogen) atoms. The molecule has 1 nitrogen and oxygen atoms in total. The molecule has 0 aromatic heterocycles. The largest absolute Gasteiger partial charge is 0.298 e. The maximum absolute atomic E-state index is 12.7. The standard InChI is InChI=1S/C10H7FO/c11-10-2-1-8-3-7(6-12)4-9(8)5-10/h1-3,5-6H,4H2. The van der Waals surface area contributed by atoms with Gasteiger partial charge >= 0.3 is 0 Å². The molecule has 0 unspecified atom stereocenters. The Balaban J connectivity index is 2.46. The van der Waals surface area contributed by atoms with E-state index in [2.05, 4.69) is 0 Å². The Morgan fingerprint density at radius 1 is 1.42 bits per heavy atom. The lowest BCUT2D eigenvalue weighted by Gasteiger charge is -1.96. The summed E-state index contributed by atoms with van der Waals surface area (Å²) in [4.78, 5) is 10.4. The van der Waals surface area contributed by atoms with Crippen LogP contribution >= 0.6 is 0 Å². The number of aldehydes is 1. The summed E-state index contributed by atoms with van der Waals surface area (Å²) in [7, 11) is 0. The number of rotatable bonds is 1. The first kappa shape index (κ1) is 7.22. The summed E-state index contributed by atoms with van der Waals surface area (Å²) in [6, 6.07) is 4.58. The third-order valence-electron chi connectivity index (χ3n) is 1.99. The van der Waals surface area contributed by atoms with Gasteiger partial charge < -0.3 is 0 Å². The van der Waals surface area contributed by atoms with Crippen molar-refractivity contribution in [2.24, 2.45) is 0 Å². The SMILES string of the molecule is O=CC1=Cc2ccc(F)cc2C1. The van der Waals surface area contributed by atoms with Gasteiger partial charge in [0, 0.05) is 6.42 Å². The van der Waals surface area contributed by atoms with Crippen LogP contribution in [0.15, 0.2) is 23.8 Å². The molecule has 0 aliphatic heterocycles. The van der Waals surface area contributed by atoms with Crippen molar-refractivity contribution in [3.8, 4) is 0 Å². The predicted molar refractivity (Wildman–Crippen MR) is 44.1 cm³/mol. The number of hydrogen-bond acceptors (Lipinski definition) is 1. The molecule has 0 amide bonds. The van der Waals surface area contributed by atoms with Crippen molar-refractivity contribution >= 4 is 12.4 Å². The van der Waals surface area contributed by atoms with Gasteiger partial charge in [0.2, 0.25) is 0 Å². The maximum atomic E-state index is 12.7. The number of carbonyl (C=O) groups excluding carboxylic acids is 1. The van der Waals surface area contributed by atoms with Crippen LogP contribution in [0.4, 0.5) is 4.39 Å². The van der Waals surface area contributed by atoms with Gasteiger partial charge in [0.05, 0.1) is 0 Å². The molecule has 1 aliphatic carbocycles. The van der Waals surface area contributed by atoms with Crippen molar-refractivity contribution in [1.82, 2.24) is 0 Å². The van der Waals surface area contributed by atoms with Gasteiger partial charge in [-0.25, -0.2) is 4.39 Å². The molecule has 60 valence electrons. The Kier molecular flexibility index (Phi) is 1.54. The average molecular weight is 162 g/mol. The minimum atomic E-state index is -0.241. The molecular formula is C10H7FO. The number of carbonyl (C=O) groups is 1. The molecule has 0 N–H and O–H groups in total. The molecule has 0 saturated heterocycles.